The lowest BCUT2D eigenvalue weighted by atomic mass is 9.98. The van der Waals surface area contributed by atoms with Crippen LogP contribution < -0.4 is 4.74 Å². The number of hydrogen-bond donors (Lipinski definition) is 0. The standard InChI is InChI=1S/C15H20ClNO2/c1-3-19-13-6-4-12(5-7-13)15(18)17-9-8-11(2)14(16)10-17/h4-7,11,14H,3,8-10H2,1-2H3. The molecule has 19 heavy (non-hydrogen) atoms. The molecular weight excluding hydrogens is 262 g/mol. The second kappa shape index (κ2) is 6.29. The Morgan fingerprint density at radius 1 is 1.42 bits per heavy atom. The van der Waals surface area contributed by atoms with Crippen LogP contribution in [-0.2, 0) is 0 Å². The summed E-state index contributed by atoms with van der Waals surface area (Å²) in [7, 11) is 0. The molecule has 0 spiro atoms. The van der Waals surface area contributed by atoms with Crippen molar-refractivity contribution in [1.29, 1.82) is 0 Å². The fourth-order valence-electron chi connectivity index (χ4n) is 2.25. The number of ether oxygens (including phenoxy) is 1. The largest absolute Gasteiger partial charge is 0.494 e. The quantitative estimate of drug-likeness (QED) is 0.797. The average Bonchev–Trinajstić information content (AvgIpc) is 2.42. The molecule has 1 aromatic rings. The smallest absolute Gasteiger partial charge is 0.253 e. The van der Waals surface area contributed by atoms with E-state index in [-0.39, 0.29) is 11.3 Å². The van der Waals surface area contributed by atoms with Gasteiger partial charge in [0.1, 0.15) is 5.75 Å². The highest BCUT2D eigenvalue weighted by atomic mass is 35.5. The molecule has 1 aliphatic rings. The van der Waals surface area contributed by atoms with Crippen molar-refractivity contribution in [2.75, 3.05) is 19.7 Å². The number of alkyl halides is 1. The Labute approximate surface area is 119 Å². The van der Waals surface area contributed by atoms with Crippen LogP contribution in [0.3, 0.4) is 0 Å². The summed E-state index contributed by atoms with van der Waals surface area (Å²) in [6.07, 6.45) is 0.969. The number of piperidine rings is 1. The molecule has 104 valence electrons. The lowest BCUT2D eigenvalue weighted by Crippen LogP contribution is -2.43. The Morgan fingerprint density at radius 3 is 2.68 bits per heavy atom. The Morgan fingerprint density at radius 2 is 2.11 bits per heavy atom. The van der Waals surface area contributed by atoms with Crippen molar-refractivity contribution in [3.05, 3.63) is 29.8 Å². The molecule has 4 heteroatoms. The van der Waals surface area contributed by atoms with Crippen molar-refractivity contribution < 1.29 is 9.53 Å². The maximum absolute atomic E-state index is 12.3. The Hall–Kier alpha value is -1.22. The van der Waals surface area contributed by atoms with Crippen LogP contribution in [0.2, 0.25) is 0 Å². The first-order chi connectivity index (χ1) is 9.11. The van der Waals surface area contributed by atoms with Gasteiger partial charge in [-0.3, -0.25) is 4.79 Å². The Bertz CT molecular complexity index is 432. The second-order valence-corrected chi connectivity index (χ2v) is 5.55. The van der Waals surface area contributed by atoms with Gasteiger partial charge in [0, 0.05) is 18.7 Å². The summed E-state index contributed by atoms with van der Waals surface area (Å²) in [5, 5.41) is 0.0559. The molecule has 0 N–H and O–H groups in total. The topological polar surface area (TPSA) is 29.5 Å². The molecule has 0 bridgehead atoms. The van der Waals surface area contributed by atoms with Crippen LogP contribution in [-0.4, -0.2) is 35.9 Å². The molecule has 0 aliphatic carbocycles. The molecule has 0 aromatic heterocycles. The molecule has 1 aromatic carbocycles. The maximum Gasteiger partial charge on any atom is 0.253 e. The number of nitrogens with zero attached hydrogens (tertiary/aromatic N) is 1. The summed E-state index contributed by atoms with van der Waals surface area (Å²) in [6.45, 7) is 6.13. The second-order valence-electron chi connectivity index (χ2n) is 4.99. The first-order valence-corrected chi connectivity index (χ1v) is 7.21. The van der Waals surface area contributed by atoms with Gasteiger partial charge in [-0.1, -0.05) is 6.92 Å². The van der Waals surface area contributed by atoms with Gasteiger partial charge in [0.15, 0.2) is 0 Å². The first kappa shape index (κ1) is 14.2. The molecule has 2 atom stereocenters. The Balaban J connectivity index is 2.03. The van der Waals surface area contributed by atoms with Crippen LogP contribution in [0.15, 0.2) is 24.3 Å². The van der Waals surface area contributed by atoms with Crippen molar-refractivity contribution in [2.45, 2.75) is 25.6 Å². The monoisotopic (exact) mass is 281 g/mol. The van der Waals surface area contributed by atoms with Crippen LogP contribution in [0.5, 0.6) is 5.75 Å². The van der Waals surface area contributed by atoms with Crippen molar-refractivity contribution in [3.8, 4) is 5.75 Å². The first-order valence-electron chi connectivity index (χ1n) is 6.78. The third kappa shape index (κ3) is 3.41. The van der Waals surface area contributed by atoms with Gasteiger partial charge in [0.2, 0.25) is 0 Å². The van der Waals surface area contributed by atoms with E-state index in [0.29, 0.717) is 24.6 Å². The molecule has 0 saturated carbocycles. The van der Waals surface area contributed by atoms with Crippen LogP contribution in [0.4, 0.5) is 0 Å². The van der Waals surface area contributed by atoms with Gasteiger partial charge >= 0.3 is 0 Å². The van der Waals surface area contributed by atoms with Gasteiger partial charge in [-0.15, -0.1) is 11.6 Å². The minimum absolute atomic E-state index is 0.0559. The molecule has 2 rings (SSSR count). The van der Waals surface area contributed by atoms with E-state index in [9.17, 15) is 4.79 Å². The van der Waals surface area contributed by atoms with E-state index in [1.54, 1.807) is 0 Å². The van der Waals surface area contributed by atoms with E-state index in [1.807, 2.05) is 36.1 Å². The summed E-state index contributed by atoms with van der Waals surface area (Å²) >= 11 is 6.25. The zero-order chi connectivity index (χ0) is 13.8. The summed E-state index contributed by atoms with van der Waals surface area (Å²) < 4.78 is 5.37. The number of rotatable bonds is 3. The van der Waals surface area contributed by atoms with Crippen molar-refractivity contribution >= 4 is 17.5 Å². The minimum atomic E-state index is 0.0559. The molecule has 1 saturated heterocycles. The number of benzene rings is 1. The minimum Gasteiger partial charge on any atom is -0.494 e. The van der Waals surface area contributed by atoms with Gasteiger partial charge in [-0.05, 0) is 43.5 Å². The number of carbonyl (C=O) groups excluding carboxylic acids is 1. The lowest BCUT2D eigenvalue weighted by molar-refractivity contribution is 0.0701. The van der Waals surface area contributed by atoms with E-state index in [4.69, 9.17) is 16.3 Å². The molecule has 3 nitrogen and oxygen atoms in total. The highest BCUT2D eigenvalue weighted by Crippen LogP contribution is 2.23. The van der Waals surface area contributed by atoms with Gasteiger partial charge in [-0.25, -0.2) is 0 Å². The third-order valence-corrected chi connectivity index (χ3v) is 4.13. The summed E-state index contributed by atoms with van der Waals surface area (Å²) in [4.78, 5) is 14.2. The lowest BCUT2D eigenvalue weighted by Gasteiger charge is -2.34. The molecule has 1 aliphatic heterocycles. The fourth-order valence-corrected chi connectivity index (χ4v) is 2.54. The zero-order valence-corrected chi connectivity index (χ0v) is 12.2. The summed E-state index contributed by atoms with van der Waals surface area (Å²) in [5.74, 6) is 1.33. The van der Waals surface area contributed by atoms with Gasteiger partial charge in [0.05, 0.1) is 12.0 Å². The summed E-state index contributed by atoms with van der Waals surface area (Å²) in [6, 6.07) is 7.30. The molecular formula is C15H20ClNO2. The highest BCUT2D eigenvalue weighted by Gasteiger charge is 2.27. The SMILES string of the molecule is CCOc1ccc(C(=O)N2CCC(C)C(Cl)C2)cc1. The molecule has 1 heterocycles. The van der Waals surface area contributed by atoms with Crippen LogP contribution in [0.1, 0.15) is 30.6 Å². The predicted octanol–water partition coefficient (Wildman–Crippen LogP) is 3.17. The van der Waals surface area contributed by atoms with E-state index >= 15 is 0 Å². The van der Waals surface area contributed by atoms with Crippen molar-refractivity contribution in [1.82, 2.24) is 4.90 Å². The number of hydrogen-bond acceptors (Lipinski definition) is 2. The van der Waals surface area contributed by atoms with Gasteiger partial charge in [-0.2, -0.15) is 0 Å². The van der Waals surface area contributed by atoms with E-state index in [2.05, 4.69) is 6.92 Å². The van der Waals surface area contributed by atoms with Crippen molar-refractivity contribution in [3.63, 3.8) is 0 Å². The summed E-state index contributed by atoms with van der Waals surface area (Å²) in [5.41, 5.74) is 0.696. The van der Waals surface area contributed by atoms with Crippen LogP contribution in [0, 0.1) is 5.92 Å². The fraction of sp³-hybridized carbons (Fsp3) is 0.533. The zero-order valence-electron chi connectivity index (χ0n) is 11.4. The van der Waals surface area contributed by atoms with Gasteiger partial charge in [0.25, 0.3) is 5.91 Å². The van der Waals surface area contributed by atoms with Gasteiger partial charge < -0.3 is 9.64 Å². The van der Waals surface area contributed by atoms with Crippen molar-refractivity contribution in [2.24, 2.45) is 5.92 Å². The third-order valence-electron chi connectivity index (χ3n) is 3.57. The number of amides is 1. The van der Waals surface area contributed by atoms with E-state index < -0.39 is 0 Å². The molecule has 1 amide bonds. The van der Waals surface area contributed by atoms with Crippen LogP contribution >= 0.6 is 11.6 Å². The number of halogens is 1. The molecule has 0 radical (unpaired) electrons. The van der Waals surface area contributed by atoms with E-state index in [1.165, 1.54) is 0 Å². The normalized spacial score (nSPS) is 23.2. The number of likely N-dealkylation sites (tertiary alicyclic amines) is 1. The predicted molar refractivity (Wildman–Crippen MR) is 76.9 cm³/mol. The Kier molecular flexibility index (Phi) is 4.70. The maximum atomic E-state index is 12.3. The highest BCUT2D eigenvalue weighted by molar-refractivity contribution is 6.21. The molecule has 1 fully saturated rings. The molecule has 2 unspecified atom stereocenters. The van der Waals surface area contributed by atoms with E-state index in [0.717, 1.165) is 18.7 Å². The number of carbonyl (C=O) groups is 1. The van der Waals surface area contributed by atoms with Crippen LogP contribution in [0.25, 0.3) is 0 Å². The average molecular weight is 282 g/mol.